The largest absolute Gasteiger partial charge is 0.499 e. The number of hydrogen-bond acceptors (Lipinski definition) is 4. The Morgan fingerprint density at radius 1 is 1.58 bits per heavy atom. The molecule has 1 rings (SSSR count). The molecule has 1 aliphatic heterocycles. The van der Waals surface area contributed by atoms with Gasteiger partial charge in [0.05, 0.1) is 32.3 Å². The van der Waals surface area contributed by atoms with Crippen LogP contribution in [0.4, 0.5) is 0 Å². The summed E-state index contributed by atoms with van der Waals surface area (Å²) in [6.45, 7) is 6.72. The van der Waals surface area contributed by atoms with E-state index in [0.717, 1.165) is 6.54 Å². The standard InChI is InChI=1S/C8H15NO3/c1-2-10-3-4-11-6-8-5-9-7-12-8/h2,8-9H,1,3-7H2. The van der Waals surface area contributed by atoms with Gasteiger partial charge in [0.15, 0.2) is 0 Å². The predicted octanol–water partition coefficient (Wildman–Crippen LogP) is 0.109. The topological polar surface area (TPSA) is 39.7 Å². The van der Waals surface area contributed by atoms with Crippen molar-refractivity contribution in [3.8, 4) is 0 Å². The van der Waals surface area contributed by atoms with E-state index >= 15 is 0 Å². The number of rotatable bonds is 6. The third-order valence-corrected chi connectivity index (χ3v) is 1.56. The van der Waals surface area contributed by atoms with Crippen LogP contribution in [-0.4, -0.2) is 39.2 Å². The lowest BCUT2D eigenvalue weighted by molar-refractivity contribution is 0.00765. The van der Waals surface area contributed by atoms with E-state index in [1.165, 1.54) is 6.26 Å². The first-order valence-electron chi connectivity index (χ1n) is 4.06. The molecule has 4 nitrogen and oxygen atoms in total. The molecule has 0 aromatic heterocycles. The highest BCUT2D eigenvalue weighted by molar-refractivity contribution is 4.64. The van der Waals surface area contributed by atoms with Crippen LogP contribution >= 0.6 is 0 Å². The van der Waals surface area contributed by atoms with Gasteiger partial charge in [-0.1, -0.05) is 6.58 Å². The summed E-state index contributed by atoms with van der Waals surface area (Å²) in [5, 5.41) is 3.07. The monoisotopic (exact) mass is 173 g/mol. The van der Waals surface area contributed by atoms with Crippen LogP contribution in [0, 0.1) is 0 Å². The van der Waals surface area contributed by atoms with E-state index in [-0.39, 0.29) is 6.10 Å². The molecule has 1 heterocycles. The molecule has 0 saturated carbocycles. The van der Waals surface area contributed by atoms with E-state index in [9.17, 15) is 0 Å². The van der Waals surface area contributed by atoms with Crippen molar-refractivity contribution in [3.05, 3.63) is 12.8 Å². The summed E-state index contributed by atoms with van der Waals surface area (Å²) in [5.74, 6) is 0. The van der Waals surface area contributed by atoms with E-state index in [2.05, 4.69) is 11.9 Å². The van der Waals surface area contributed by atoms with Crippen molar-refractivity contribution in [1.82, 2.24) is 5.32 Å². The van der Waals surface area contributed by atoms with Gasteiger partial charge in [-0.3, -0.25) is 5.32 Å². The molecule has 4 heteroatoms. The zero-order valence-electron chi connectivity index (χ0n) is 7.12. The molecule has 70 valence electrons. The summed E-state index contributed by atoms with van der Waals surface area (Å²) in [6.07, 6.45) is 1.62. The molecule has 1 unspecified atom stereocenters. The summed E-state index contributed by atoms with van der Waals surface area (Å²) in [7, 11) is 0. The summed E-state index contributed by atoms with van der Waals surface area (Å²) >= 11 is 0. The Kier molecular flexibility index (Phi) is 4.75. The molecule has 1 N–H and O–H groups in total. The molecule has 0 amide bonds. The first kappa shape index (κ1) is 9.51. The number of hydrogen-bond donors (Lipinski definition) is 1. The lowest BCUT2D eigenvalue weighted by atomic mass is 10.4. The molecule has 0 radical (unpaired) electrons. The zero-order chi connectivity index (χ0) is 8.65. The second-order valence-corrected chi connectivity index (χ2v) is 2.50. The highest BCUT2D eigenvalue weighted by atomic mass is 16.6. The lowest BCUT2D eigenvalue weighted by Gasteiger charge is -2.08. The first-order chi connectivity index (χ1) is 5.93. The van der Waals surface area contributed by atoms with Crippen LogP contribution in [-0.2, 0) is 14.2 Å². The molecular weight excluding hydrogens is 158 g/mol. The second-order valence-electron chi connectivity index (χ2n) is 2.50. The van der Waals surface area contributed by atoms with Crippen molar-refractivity contribution in [2.24, 2.45) is 0 Å². The fourth-order valence-corrected chi connectivity index (χ4v) is 0.968. The third-order valence-electron chi connectivity index (χ3n) is 1.56. The van der Waals surface area contributed by atoms with E-state index in [1.54, 1.807) is 0 Å². The summed E-state index contributed by atoms with van der Waals surface area (Å²) < 4.78 is 15.4. The van der Waals surface area contributed by atoms with E-state index < -0.39 is 0 Å². The average Bonchev–Trinajstić information content (AvgIpc) is 2.57. The SMILES string of the molecule is C=COCCOCC1CNCO1. The van der Waals surface area contributed by atoms with E-state index in [1.807, 2.05) is 0 Å². The molecule has 0 bridgehead atoms. The van der Waals surface area contributed by atoms with Crippen molar-refractivity contribution in [2.75, 3.05) is 33.1 Å². The zero-order valence-corrected chi connectivity index (χ0v) is 7.12. The van der Waals surface area contributed by atoms with Crippen molar-refractivity contribution in [3.63, 3.8) is 0 Å². The average molecular weight is 173 g/mol. The molecule has 0 aromatic carbocycles. The molecule has 0 aromatic rings. The van der Waals surface area contributed by atoms with Gasteiger partial charge in [-0.05, 0) is 0 Å². The Bertz CT molecular complexity index is 123. The normalized spacial score (nSPS) is 22.5. The number of ether oxygens (including phenoxy) is 3. The predicted molar refractivity (Wildman–Crippen MR) is 44.7 cm³/mol. The van der Waals surface area contributed by atoms with Gasteiger partial charge in [0.25, 0.3) is 0 Å². The van der Waals surface area contributed by atoms with Crippen molar-refractivity contribution < 1.29 is 14.2 Å². The Morgan fingerprint density at radius 3 is 3.17 bits per heavy atom. The number of nitrogens with one attached hydrogen (secondary N) is 1. The Labute approximate surface area is 72.5 Å². The van der Waals surface area contributed by atoms with Gasteiger partial charge in [0.2, 0.25) is 0 Å². The maximum absolute atomic E-state index is 5.28. The fraction of sp³-hybridized carbons (Fsp3) is 0.750. The van der Waals surface area contributed by atoms with Crippen molar-refractivity contribution in [1.29, 1.82) is 0 Å². The van der Waals surface area contributed by atoms with Gasteiger partial charge in [0.1, 0.15) is 6.61 Å². The van der Waals surface area contributed by atoms with Gasteiger partial charge in [-0.2, -0.15) is 0 Å². The van der Waals surface area contributed by atoms with Crippen molar-refractivity contribution >= 4 is 0 Å². The minimum atomic E-state index is 0.203. The first-order valence-corrected chi connectivity index (χ1v) is 4.06. The minimum Gasteiger partial charge on any atom is -0.499 e. The van der Waals surface area contributed by atoms with Crippen LogP contribution in [0.5, 0.6) is 0 Å². The quantitative estimate of drug-likeness (QED) is 0.457. The Balaban J connectivity index is 1.84. The molecule has 0 spiro atoms. The van der Waals surface area contributed by atoms with Crippen LogP contribution in [0.2, 0.25) is 0 Å². The van der Waals surface area contributed by atoms with E-state index in [4.69, 9.17) is 14.2 Å². The molecule has 1 fully saturated rings. The van der Waals surface area contributed by atoms with Crippen LogP contribution in [0.15, 0.2) is 12.8 Å². The third kappa shape index (κ3) is 3.71. The van der Waals surface area contributed by atoms with E-state index in [0.29, 0.717) is 26.6 Å². The second kappa shape index (κ2) is 5.99. The Morgan fingerprint density at radius 2 is 2.50 bits per heavy atom. The maximum Gasteiger partial charge on any atom is 0.111 e. The highest BCUT2D eigenvalue weighted by Crippen LogP contribution is 1.96. The van der Waals surface area contributed by atoms with Gasteiger partial charge < -0.3 is 14.2 Å². The minimum absolute atomic E-state index is 0.203. The molecule has 1 aliphatic rings. The highest BCUT2D eigenvalue weighted by Gasteiger charge is 2.13. The van der Waals surface area contributed by atoms with Gasteiger partial charge >= 0.3 is 0 Å². The summed E-state index contributed by atoms with van der Waals surface area (Å²) in [4.78, 5) is 0. The molecule has 1 atom stereocenters. The lowest BCUT2D eigenvalue weighted by Crippen LogP contribution is -2.21. The Hall–Kier alpha value is -0.580. The molecular formula is C8H15NO3. The smallest absolute Gasteiger partial charge is 0.111 e. The van der Waals surface area contributed by atoms with Gasteiger partial charge in [0, 0.05) is 6.54 Å². The molecule has 12 heavy (non-hydrogen) atoms. The van der Waals surface area contributed by atoms with Crippen molar-refractivity contribution in [2.45, 2.75) is 6.10 Å². The van der Waals surface area contributed by atoms with Crippen LogP contribution in [0.25, 0.3) is 0 Å². The summed E-state index contributed by atoms with van der Waals surface area (Å²) in [5.41, 5.74) is 0. The summed E-state index contributed by atoms with van der Waals surface area (Å²) in [6, 6.07) is 0. The van der Waals surface area contributed by atoms with Crippen LogP contribution in [0.1, 0.15) is 0 Å². The van der Waals surface area contributed by atoms with Gasteiger partial charge in [-0.25, -0.2) is 0 Å². The molecule has 0 aliphatic carbocycles. The molecule has 1 saturated heterocycles. The van der Waals surface area contributed by atoms with Crippen LogP contribution < -0.4 is 5.32 Å². The maximum atomic E-state index is 5.28. The van der Waals surface area contributed by atoms with Crippen LogP contribution in [0.3, 0.4) is 0 Å². The van der Waals surface area contributed by atoms with Gasteiger partial charge in [-0.15, -0.1) is 0 Å². The fourth-order valence-electron chi connectivity index (χ4n) is 0.968.